The van der Waals surface area contributed by atoms with Crippen molar-refractivity contribution in [3.05, 3.63) is 46.7 Å². The number of methoxy groups -OCH3 is 1. The van der Waals surface area contributed by atoms with Gasteiger partial charge in [0, 0.05) is 23.2 Å². The molecule has 0 unspecified atom stereocenters. The van der Waals surface area contributed by atoms with E-state index in [1.54, 1.807) is 32.0 Å². The predicted molar refractivity (Wildman–Crippen MR) is 118 cm³/mol. The van der Waals surface area contributed by atoms with Crippen molar-refractivity contribution in [2.75, 3.05) is 12.4 Å². The number of furan rings is 1. The Hall–Kier alpha value is -2.45. The number of hydrogen-bond acceptors (Lipinski definition) is 6. The summed E-state index contributed by atoms with van der Waals surface area (Å²) in [5.41, 5.74) is 2.44. The van der Waals surface area contributed by atoms with Gasteiger partial charge >= 0.3 is 12.0 Å². The van der Waals surface area contributed by atoms with Crippen LogP contribution in [0.1, 0.15) is 80.4 Å². The maximum atomic E-state index is 12.6. The normalized spacial score (nSPS) is 11.7. The number of urea groups is 1. The largest absolute Gasteiger partial charge is 0.465 e. The zero-order chi connectivity index (χ0) is 22.6. The minimum atomic E-state index is -1.02. The number of carbonyl (C=O) groups excluding carboxylic acids is 2. The zero-order valence-electron chi connectivity index (χ0n) is 18.5. The summed E-state index contributed by atoms with van der Waals surface area (Å²) >= 11 is 1.01. The second kappa shape index (κ2) is 9.57. The van der Waals surface area contributed by atoms with Crippen molar-refractivity contribution in [1.29, 1.82) is 0 Å². The van der Waals surface area contributed by atoms with E-state index in [0.717, 1.165) is 23.1 Å². The average Bonchev–Trinajstić information content (AvgIpc) is 3.15. The van der Waals surface area contributed by atoms with Gasteiger partial charge in [-0.25, -0.2) is 9.59 Å². The van der Waals surface area contributed by atoms with Crippen molar-refractivity contribution >= 4 is 29.6 Å². The number of carbonyl (C=O) groups is 2. The Morgan fingerprint density at radius 3 is 2.10 bits per heavy atom. The number of hydrogen-bond donors (Lipinski definition) is 3. The first-order chi connectivity index (χ1) is 13.9. The van der Waals surface area contributed by atoms with E-state index in [4.69, 9.17) is 9.15 Å². The molecule has 0 aliphatic heterocycles. The number of ether oxygens (including phenoxy) is 1. The zero-order valence-corrected chi connectivity index (χ0v) is 19.3. The highest BCUT2D eigenvalue weighted by molar-refractivity contribution is 7.97. The molecule has 3 N–H and O–H groups in total. The SMILES string of the molecule is COC(=O)c1cc(C(C)C)c(NC(=O)NSc2cc(C(C)(C)O)co2)c(C(C)C)c1. The van der Waals surface area contributed by atoms with Gasteiger partial charge in [0.1, 0.15) is 0 Å². The lowest BCUT2D eigenvalue weighted by Gasteiger charge is -2.21. The highest BCUT2D eigenvalue weighted by Crippen LogP contribution is 2.34. The molecule has 0 bridgehead atoms. The molecule has 164 valence electrons. The van der Waals surface area contributed by atoms with Gasteiger partial charge in [0.25, 0.3) is 0 Å². The number of rotatable bonds is 7. The second-order valence-electron chi connectivity index (χ2n) is 8.20. The minimum Gasteiger partial charge on any atom is -0.465 e. The van der Waals surface area contributed by atoms with Crippen molar-refractivity contribution in [2.24, 2.45) is 0 Å². The average molecular weight is 435 g/mol. The Balaban J connectivity index is 2.24. The van der Waals surface area contributed by atoms with Crippen LogP contribution in [0.5, 0.6) is 0 Å². The summed E-state index contributed by atoms with van der Waals surface area (Å²) in [4.78, 5) is 24.7. The minimum absolute atomic E-state index is 0.0782. The summed E-state index contributed by atoms with van der Waals surface area (Å²) in [6.45, 7) is 11.3. The summed E-state index contributed by atoms with van der Waals surface area (Å²) in [5, 5.41) is 13.4. The molecule has 2 rings (SSSR count). The molecule has 0 saturated heterocycles. The first-order valence-electron chi connectivity index (χ1n) is 9.75. The third-order valence-corrected chi connectivity index (χ3v) is 5.33. The molecule has 1 aromatic carbocycles. The fourth-order valence-electron chi connectivity index (χ4n) is 2.91. The fraction of sp³-hybridized carbons (Fsp3) is 0.455. The lowest BCUT2D eigenvalue weighted by molar-refractivity contribution is 0.0600. The summed E-state index contributed by atoms with van der Waals surface area (Å²) in [5.74, 6) is -0.255. The number of anilines is 1. The number of nitrogens with one attached hydrogen (secondary N) is 2. The molecule has 0 radical (unpaired) electrons. The van der Waals surface area contributed by atoms with E-state index < -0.39 is 17.6 Å². The Bertz CT molecular complexity index is 883. The Kier molecular flexibility index (Phi) is 7.60. The molecule has 0 atom stereocenters. The summed E-state index contributed by atoms with van der Waals surface area (Å²) in [6.07, 6.45) is 1.46. The Labute approximate surface area is 181 Å². The number of aliphatic hydroxyl groups is 1. The van der Waals surface area contributed by atoms with Gasteiger partial charge in [0.05, 0.1) is 24.5 Å². The maximum absolute atomic E-state index is 12.6. The van der Waals surface area contributed by atoms with Gasteiger partial charge in [0.2, 0.25) is 0 Å². The van der Waals surface area contributed by atoms with Crippen LogP contribution in [0.25, 0.3) is 0 Å². The lowest BCUT2D eigenvalue weighted by atomic mass is 9.90. The van der Waals surface area contributed by atoms with Crippen molar-refractivity contribution in [3.63, 3.8) is 0 Å². The van der Waals surface area contributed by atoms with Gasteiger partial charge in [-0.3, -0.25) is 4.72 Å². The molecule has 8 heteroatoms. The van der Waals surface area contributed by atoms with E-state index >= 15 is 0 Å². The topological polar surface area (TPSA) is 101 Å². The summed E-state index contributed by atoms with van der Waals surface area (Å²) in [7, 11) is 1.35. The molecule has 0 saturated carbocycles. The van der Waals surface area contributed by atoms with Crippen molar-refractivity contribution < 1.29 is 23.8 Å². The van der Waals surface area contributed by atoms with Crippen LogP contribution in [0, 0.1) is 0 Å². The summed E-state index contributed by atoms with van der Waals surface area (Å²) < 4.78 is 12.9. The fourth-order valence-corrected chi connectivity index (χ4v) is 3.43. The Morgan fingerprint density at radius 1 is 1.10 bits per heavy atom. The van der Waals surface area contributed by atoms with Crippen LogP contribution >= 0.6 is 11.9 Å². The molecule has 1 aromatic heterocycles. The van der Waals surface area contributed by atoms with E-state index in [1.807, 2.05) is 27.7 Å². The van der Waals surface area contributed by atoms with Gasteiger partial charge in [-0.2, -0.15) is 0 Å². The van der Waals surface area contributed by atoms with E-state index in [-0.39, 0.29) is 11.8 Å². The van der Waals surface area contributed by atoms with Crippen molar-refractivity contribution in [2.45, 2.75) is 64.1 Å². The van der Waals surface area contributed by atoms with Crippen LogP contribution in [-0.2, 0) is 10.3 Å². The Morgan fingerprint density at radius 2 is 1.67 bits per heavy atom. The molecule has 0 fully saturated rings. The molecule has 0 aliphatic carbocycles. The van der Waals surface area contributed by atoms with Crippen LogP contribution in [0.15, 0.2) is 34.0 Å². The monoisotopic (exact) mass is 434 g/mol. The van der Waals surface area contributed by atoms with E-state index in [0.29, 0.717) is 21.9 Å². The molecule has 7 nitrogen and oxygen atoms in total. The molecular formula is C22H30N2O5S. The first kappa shape index (κ1) is 23.8. The van der Waals surface area contributed by atoms with Crippen LogP contribution in [0.4, 0.5) is 10.5 Å². The second-order valence-corrected chi connectivity index (χ2v) is 9.01. The van der Waals surface area contributed by atoms with Gasteiger partial charge in [-0.15, -0.1) is 0 Å². The highest BCUT2D eigenvalue weighted by Gasteiger charge is 2.22. The third kappa shape index (κ3) is 5.79. The quantitative estimate of drug-likeness (QED) is 0.400. The maximum Gasteiger partial charge on any atom is 0.337 e. The van der Waals surface area contributed by atoms with Gasteiger partial charge in [0.15, 0.2) is 5.09 Å². The molecule has 0 aliphatic rings. The van der Waals surface area contributed by atoms with Crippen LogP contribution in [0.3, 0.4) is 0 Å². The number of benzene rings is 1. The molecule has 2 amide bonds. The molecular weight excluding hydrogens is 404 g/mol. The lowest BCUT2D eigenvalue weighted by Crippen LogP contribution is -2.25. The molecule has 2 aromatic rings. The van der Waals surface area contributed by atoms with Crippen LogP contribution < -0.4 is 10.0 Å². The number of amides is 2. The van der Waals surface area contributed by atoms with E-state index in [1.165, 1.54) is 13.4 Å². The summed E-state index contributed by atoms with van der Waals surface area (Å²) in [6, 6.07) is 4.77. The third-order valence-electron chi connectivity index (χ3n) is 4.63. The number of esters is 1. The van der Waals surface area contributed by atoms with Gasteiger partial charge in [-0.05, 0) is 55.0 Å². The molecule has 30 heavy (non-hydrogen) atoms. The first-order valence-corrected chi connectivity index (χ1v) is 10.6. The van der Waals surface area contributed by atoms with E-state index in [9.17, 15) is 14.7 Å². The smallest absolute Gasteiger partial charge is 0.337 e. The van der Waals surface area contributed by atoms with Crippen molar-refractivity contribution in [3.8, 4) is 0 Å². The van der Waals surface area contributed by atoms with Gasteiger partial charge in [-0.1, -0.05) is 27.7 Å². The molecule has 0 spiro atoms. The standard InChI is InChI=1S/C22H30N2O5S/c1-12(2)16-8-14(20(25)28-7)9-17(13(3)4)19(16)23-21(26)24-30-18-10-15(11-29-18)22(5,6)27/h8-13,27H,1-7H3,(H2,23,24,26). The van der Waals surface area contributed by atoms with Gasteiger partial charge < -0.3 is 19.6 Å². The van der Waals surface area contributed by atoms with Crippen molar-refractivity contribution in [1.82, 2.24) is 4.72 Å². The highest BCUT2D eigenvalue weighted by atomic mass is 32.2. The van der Waals surface area contributed by atoms with Crippen LogP contribution in [0.2, 0.25) is 0 Å². The predicted octanol–water partition coefficient (Wildman–Crippen LogP) is 5.37. The van der Waals surface area contributed by atoms with Crippen LogP contribution in [-0.4, -0.2) is 24.2 Å². The molecule has 1 heterocycles. The van der Waals surface area contributed by atoms with E-state index in [2.05, 4.69) is 10.0 Å².